The minimum Gasteiger partial charge on any atom is -0.464 e. The van der Waals surface area contributed by atoms with E-state index in [0.29, 0.717) is 11.4 Å². The highest BCUT2D eigenvalue weighted by Crippen LogP contribution is 2.32. The number of nitrogens with one attached hydrogen (secondary N) is 1. The molecule has 0 aromatic heterocycles. The van der Waals surface area contributed by atoms with Crippen LogP contribution in [0, 0.1) is 11.6 Å². The van der Waals surface area contributed by atoms with Crippen molar-refractivity contribution in [3.63, 3.8) is 0 Å². The second-order valence-electron chi connectivity index (χ2n) is 3.72. The molecule has 3 nitrogen and oxygen atoms in total. The summed E-state index contributed by atoms with van der Waals surface area (Å²) in [4.78, 5) is 11.4. The molecule has 0 unspecified atom stereocenters. The monoisotopic (exact) mass is 239 g/mol. The smallest absolute Gasteiger partial charge is 0.354 e. The van der Waals surface area contributed by atoms with Crippen molar-refractivity contribution in [1.82, 2.24) is 0 Å². The average Bonchev–Trinajstić information content (AvgIpc) is 3.13. The van der Waals surface area contributed by atoms with Gasteiger partial charge in [-0.1, -0.05) is 0 Å². The number of rotatable bonds is 3. The number of carbonyl (C=O) groups excluding carboxylic acids is 1. The zero-order valence-corrected chi connectivity index (χ0v) is 9.22. The fraction of sp³-hybridized carbons (Fsp3) is 0.250. The normalized spacial score (nSPS) is 13.2. The first-order valence-electron chi connectivity index (χ1n) is 5.14. The Bertz CT molecular complexity index is 491. The summed E-state index contributed by atoms with van der Waals surface area (Å²) in [6.07, 6.45) is 1.64. The minimum absolute atomic E-state index is 0.318. The third-order valence-electron chi connectivity index (χ3n) is 2.43. The summed E-state index contributed by atoms with van der Waals surface area (Å²) in [5.41, 5.74) is 1.57. The van der Waals surface area contributed by atoms with E-state index in [2.05, 4.69) is 10.1 Å². The van der Waals surface area contributed by atoms with Crippen LogP contribution in [0.1, 0.15) is 12.8 Å². The van der Waals surface area contributed by atoms with Crippen LogP contribution in [0.4, 0.5) is 14.5 Å². The molecule has 1 fully saturated rings. The first-order valence-corrected chi connectivity index (χ1v) is 5.14. The number of allylic oxidation sites excluding steroid dienone is 1. The van der Waals surface area contributed by atoms with E-state index >= 15 is 0 Å². The predicted molar refractivity (Wildman–Crippen MR) is 58.3 cm³/mol. The topological polar surface area (TPSA) is 38.3 Å². The first kappa shape index (κ1) is 11.6. The highest BCUT2D eigenvalue weighted by molar-refractivity contribution is 5.93. The van der Waals surface area contributed by atoms with Gasteiger partial charge in [0, 0.05) is 11.8 Å². The van der Waals surface area contributed by atoms with Gasteiger partial charge in [-0.3, -0.25) is 0 Å². The van der Waals surface area contributed by atoms with Crippen molar-refractivity contribution in [2.24, 2.45) is 0 Å². The Hall–Kier alpha value is -1.91. The molecule has 0 saturated heterocycles. The molecule has 1 N–H and O–H groups in total. The van der Waals surface area contributed by atoms with Gasteiger partial charge < -0.3 is 10.1 Å². The number of hydrogen-bond acceptors (Lipinski definition) is 3. The van der Waals surface area contributed by atoms with Crippen LogP contribution in [-0.2, 0) is 9.53 Å². The van der Waals surface area contributed by atoms with Gasteiger partial charge in [-0.2, -0.15) is 0 Å². The van der Waals surface area contributed by atoms with Crippen LogP contribution in [-0.4, -0.2) is 13.1 Å². The van der Waals surface area contributed by atoms with Crippen molar-refractivity contribution in [2.45, 2.75) is 12.8 Å². The Morgan fingerprint density at radius 2 is 2.00 bits per heavy atom. The zero-order chi connectivity index (χ0) is 12.4. The van der Waals surface area contributed by atoms with Crippen molar-refractivity contribution < 1.29 is 18.3 Å². The molecule has 0 heterocycles. The number of anilines is 1. The number of halogens is 2. The predicted octanol–water partition coefficient (Wildman–Crippen LogP) is 2.60. The molecule has 1 saturated carbocycles. The van der Waals surface area contributed by atoms with E-state index in [-0.39, 0.29) is 0 Å². The van der Waals surface area contributed by atoms with Gasteiger partial charge in [0.15, 0.2) is 11.6 Å². The van der Waals surface area contributed by atoms with Crippen molar-refractivity contribution in [2.75, 3.05) is 12.4 Å². The van der Waals surface area contributed by atoms with Crippen molar-refractivity contribution in [1.29, 1.82) is 0 Å². The Balaban J connectivity index is 2.22. The lowest BCUT2D eigenvalue weighted by atomic mass is 10.2. The molecule has 0 amide bonds. The molecule has 1 aliphatic rings. The minimum atomic E-state index is -0.958. The lowest BCUT2D eigenvalue weighted by Crippen LogP contribution is -2.13. The van der Waals surface area contributed by atoms with Gasteiger partial charge in [-0.15, -0.1) is 0 Å². The largest absolute Gasteiger partial charge is 0.464 e. The summed E-state index contributed by atoms with van der Waals surface area (Å²) in [7, 11) is 1.28. The Morgan fingerprint density at radius 3 is 2.53 bits per heavy atom. The van der Waals surface area contributed by atoms with Crippen LogP contribution in [0.3, 0.4) is 0 Å². The molecule has 0 aliphatic heterocycles. The second-order valence-corrected chi connectivity index (χ2v) is 3.72. The second kappa shape index (κ2) is 4.53. The summed E-state index contributed by atoms with van der Waals surface area (Å²) >= 11 is 0. The fourth-order valence-electron chi connectivity index (χ4n) is 1.42. The third kappa shape index (κ3) is 2.61. The van der Waals surface area contributed by atoms with Gasteiger partial charge in [-0.05, 0) is 30.5 Å². The van der Waals surface area contributed by atoms with Crippen LogP contribution in [0.25, 0.3) is 0 Å². The van der Waals surface area contributed by atoms with Crippen LogP contribution in [0.5, 0.6) is 0 Å². The molecule has 0 radical (unpaired) electrons. The molecule has 2 rings (SSSR count). The highest BCUT2D eigenvalue weighted by Gasteiger charge is 2.24. The van der Waals surface area contributed by atoms with E-state index in [1.807, 2.05) is 0 Å². The molecule has 1 aliphatic carbocycles. The van der Waals surface area contributed by atoms with Gasteiger partial charge in [0.2, 0.25) is 0 Å². The van der Waals surface area contributed by atoms with Crippen LogP contribution in [0.2, 0.25) is 0 Å². The van der Waals surface area contributed by atoms with E-state index in [9.17, 15) is 13.6 Å². The average molecular weight is 239 g/mol. The quantitative estimate of drug-likeness (QED) is 0.650. The van der Waals surface area contributed by atoms with E-state index in [1.165, 1.54) is 13.2 Å². The Labute approximate surface area is 97.1 Å². The van der Waals surface area contributed by atoms with Gasteiger partial charge in [0.05, 0.1) is 7.11 Å². The van der Waals surface area contributed by atoms with Gasteiger partial charge >= 0.3 is 5.97 Å². The SMILES string of the molecule is COC(=O)C(Nc1ccc(F)c(F)c1)=C1CC1. The van der Waals surface area contributed by atoms with E-state index in [0.717, 1.165) is 30.5 Å². The van der Waals surface area contributed by atoms with Crippen LogP contribution < -0.4 is 5.32 Å². The summed E-state index contributed by atoms with van der Waals surface area (Å²) in [6, 6.07) is 3.37. The van der Waals surface area contributed by atoms with Crippen molar-refractivity contribution in [3.05, 3.63) is 41.1 Å². The van der Waals surface area contributed by atoms with Gasteiger partial charge in [0.25, 0.3) is 0 Å². The molecule has 1 aromatic rings. The standard InChI is InChI=1S/C12H11F2NO2/c1-17-12(16)11(7-2-3-7)15-8-4-5-9(13)10(14)6-8/h4-6,15H,2-3H2,1H3. The number of benzene rings is 1. The third-order valence-corrected chi connectivity index (χ3v) is 2.43. The molecule has 90 valence electrons. The maximum absolute atomic E-state index is 13.0. The van der Waals surface area contributed by atoms with Gasteiger partial charge in [-0.25, -0.2) is 13.6 Å². The Kier molecular flexibility index (Phi) is 3.08. The summed E-state index contributed by atoms with van der Waals surface area (Å²) in [6.45, 7) is 0. The van der Waals surface area contributed by atoms with Crippen molar-refractivity contribution in [3.8, 4) is 0 Å². The summed E-state index contributed by atoms with van der Waals surface area (Å²) in [5, 5.41) is 2.76. The number of esters is 1. The number of carbonyl (C=O) groups is 1. The summed E-state index contributed by atoms with van der Waals surface area (Å²) < 4.78 is 30.3. The molecule has 0 atom stereocenters. The molecular weight excluding hydrogens is 228 g/mol. The highest BCUT2D eigenvalue weighted by atomic mass is 19.2. The lowest BCUT2D eigenvalue weighted by Gasteiger charge is -2.09. The molecule has 5 heteroatoms. The van der Waals surface area contributed by atoms with E-state index in [1.54, 1.807) is 0 Å². The summed E-state index contributed by atoms with van der Waals surface area (Å²) in [5.74, 6) is -2.38. The molecule has 0 spiro atoms. The van der Waals surface area contributed by atoms with E-state index in [4.69, 9.17) is 0 Å². The maximum atomic E-state index is 13.0. The molecule has 1 aromatic carbocycles. The fourth-order valence-corrected chi connectivity index (χ4v) is 1.42. The molecular formula is C12H11F2NO2. The molecule has 0 bridgehead atoms. The number of methoxy groups -OCH3 is 1. The maximum Gasteiger partial charge on any atom is 0.354 e. The van der Waals surface area contributed by atoms with E-state index < -0.39 is 17.6 Å². The first-order chi connectivity index (χ1) is 8.11. The van der Waals surface area contributed by atoms with Crippen LogP contribution >= 0.6 is 0 Å². The van der Waals surface area contributed by atoms with Gasteiger partial charge in [0.1, 0.15) is 5.70 Å². The zero-order valence-electron chi connectivity index (χ0n) is 9.22. The number of hydrogen-bond donors (Lipinski definition) is 1. The van der Waals surface area contributed by atoms with Crippen molar-refractivity contribution >= 4 is 11.7 Å². The molecule has 17 heavy (non-hydrogen) atoms. The number of ether oxygens (including phenoxy) is 1. The van der Waals surface area contributed by atoms with Crippen LogP contribution in [0.15, 0.2) is 29.5 Å². The lowest BCUT2D eigenvalue weighted by molar-refractivity contribution is -0.135. The Morgan fingerprint density at radius 1 is 1.29 bits per heavy atom.